The second-order valence-electron chi connectivity index (χ2n) is 4.11. The van der Waals surface area contributed by atoms with Crippen molar-refractivity contribution < 1.29 is 8.42 Å². The third-order valence-electron chi connectivity index (χ3n) is 2.49. The predicted molar refractivity (Wildman–Crippen MR) is 75.6 cm³/mol. The van der Waals surface area contributed by atoms with Crippen LogP contribution in [0.2, 0.25) is 10.0 Å². The first kappa shape index (κ1) is 15.6. The molecule has 0 aliphatic heterocycles. The minimum atomic E-state index is -3.71. The van der Waals surface area contributed by atoms with Crippen LogP contribution >= 0.6 is 23.2 Å². The van der Waals surface area contributed by atoms with Crippen molar-refractivity contribution in [3.8, 4) is 0 Å². The Labute approximate surface area is 118 Å². The summed E-state index contributed by atoms with van der Waals surface area (Å²) < 4.78 is 26.3. The number of sulfonamides is 1. The topological polar surface area (TPSA) is 63.4 Å². The Balaban J connectivity index is 3.46. The largest absolute Gasteiger partial charge is 0.398 e. The highest BCUT2D eigenvalue weighted by molar-refractivity contribution is 7.89. The molecule has 0 fully saturated rings. The van der Waals surface area contributed by atoms with Crippen molar-refractivity contribution in [1.82, 2.24) is 4.31 Å². The number of nitrogens with zero attached hydrogens (tertiary/aromatic N) is 1. The van der Waals surface area contributed by atoms with Gasteiger partial charge in [-0.2, -0.15) is 4.31 Å². The third kappa shape index (κ3) is 2.91. The summed E-state index contributed by atoms with van der Waals surface area (Å²) in [6, 6.07) is 2.58. The highest BCUT2D eigenvalue weighted by Crippen LogP contribution is 2.33. The first-order valence-corrected chi connectivity index (χ1v) is 7.67. The Morgan fingerprint density at radius 2 is 1.89 bits per heavy atom. The minimum absolute atomic E-state index is 0.0408. The zero-order valence-corrected chi connectivity index (χ0v) is 12.8. The maximum atomic E-state index is 12.5. The summed E-state index contributed by atoms with van der Waals surface area (Å²) in [7, 11) is -3.71. The Bertz CT molecular complexity index is 521. The van der Waals surface area contributed by atoms with E-state index >= 15 is 0 Å². The van der Waals surface area contributed by atoms with Crippen LogP contribution in [0.5, 0.6) is 0 Å². The van der Waals surface area contributed by atoms with Crippen molar-refractivity contribution in [1.29, 1.82) is 0 Å². The van der Waals surface area contributed by atoms with Gasteiger partial charge >= 0.3 is 0 Å². The number of nitrogens with two attached hydrogens (primary N) is 1. The van der Waals surface area contributed by atoms with Crippen molar-refractivity contribution in [2.75, 3.05) is 12.3 Å². The number of rotatable bonds is 4. The summed E-state index contributed by atoms with van der Waals surface area (Å²) in [6.45, 7) is 5.69. The van der Waals surface area contributed by atoms with Crippen LogP contribution in [0.4, 0.5) is 5.69 Å². The molecule has 18 heavy (non-hydrogen) atoms. The second kappa shape index (κ2) is 5.65. The average molecular weight is 311 g/mol. The summed E-state index contributed by atoms with van der Waals surface area (Å²) in [4.78, 5) is -0.0795. The molecule has 0 atom stereocenters. The van der Waals surface area contributed by atoms with Crippen LogP contribution in [-0.2, 0) is 10.0 Å². The van der Waals surface area contributed by atoms with Gasteiger partial charge in [0, 0.05) is 17.6 Å². The van der Waals surface area contributed by atoms with Crippen LogP contribution < -0.4 is 5.73 Å². The third-order valence-corrected chi connectivity index (χ3v) is 5.39. The normalized spacial score (nSPS) is 12.4. The Morgan fingerprint density at radius 1 is 1.33 bits per heavy atom. The maximum Gasteiger partial charge on any atom is 0.246 e. The maximum absolute atomic E-state index is 12.5. The zero-order valence-electron chi connectivity index (χ0n) is 10.4. The number of hydrogen-bond acceptors (Lipinski definition) is 3. The summed E-state index contributed by atoms with van der Waals surface area (Å²) in [5, 5.41) is 0.350. The first-order chi connectivity index (χ1) is 8.21. The molecule has 1 rings (SSSR count). The van der Waals surface area contributed by atoms with Crippen molar-refractivity contribution in [3.05, 3.63) is 22.2 Å². The number of anilines is 1. The quantitative estimate of drug-likeness (QED) is 0.869. The van der Waals surface area contributed by atoms with Gasteiger partial charge in [-0.15, -0.1) is 0 Å². The molecule has 0 aliphatic rings. The van der Waals surface area contributed by atoms with Gasteiger partial charge in [-0.05, 0) is 26.0 Å². The summed E-state index contributed by atoms with van der Waals surface area (Å²) in [6.07, 6.45) is 0. The van der Waals surface area contributed by atoms with Crippen molar-refractivity contribution in [2.24, 2.45) is 0 Å². The predicted octanol–water partition coefficient (Wildman–Crippen LogP) is 2.99. The molecule has 0 bridgehead atoms. The summed E-state index contributed by atoms with van der Waals surface area (Å²) in [5.41, 5.74) is 5.79. The zero-order chi connectivity index (χ0) is 14.1. The Kier molecular flexibility index (Phi) is 4.89. The lowest BCUT2D eigenvalue weighted by Crippen LogP contribution is -2.37. The lowest BCUT2D eigenvalue weighted by molar-refractivity contribution is 0.369. The molecule has 0 saturated heterocycles. The number of halogens is 2. The van der Waals surface area contributed by atoms with Crippen molar-refractivity contribution >= 4 is 38.9 Å². The van der Waals surface area contributed by atoms with Gasteiger partial charge < -0.3 is 5.73 Å². The number of hydrogen-bond donors (Lipinski definition) is 1. The van der Waals surface area contributed by atoms with E-state index in [9.17, 15) is 8.42 Å². The fourth-order valence-electron chi connectivity index (χ4n) is 1.78. The van der Waals surface area contributed by atoms with Gasteiger partial charge in [0.1, 0.15) is 4.90 Å². The van der Waals surface area contributed by atoms with E-state index in [2.05, 4.69) is 0 Å². The molecule has 0 spiro atoms. The van der Waals surface area contributed by atoms with Gasteiger partial charge in [-0.25, -0.2) is 8.42 Å². The van der Waals surface area contributed by atoms with Crippen molar-refractivity contribution in [3.63, 3.8) is 0 Å². The molecule has 0 aromatic heterocycles. The second-order valence-corrected chi connectivity index (χ2v) is 6.78. The van der Waals surface area contributed by atoms with Crippen LogP contribution in [0.3, 0.4) is 0 Å². The van der Waals surface area contributed by atoms with Gasteiger partial charge in [-0.1, -0.05) is 30.1 Å². The lowest BCUT2D eigenvalue weighted by atomic mass is 10.3. The number of nitrogen functional groups attached to an aromatic ring is 1. The molecule has 0 heterocycles. The van der Waals surface area contributed by atoms with Crippen LogP contribution in [0.1, 0.15) is 20.8 Å². The van der Waals surface area contributed by atoms with E-state index in [-0.39, 0.29) is 21.6 Å². The van der Waals surface area contributed by atoms with Crippen molar-refractivity contribution in [2.45, 2.75) is 31.7 Å². The van der Waals surface area contributed by atoms with Gasteiger partial charge in [-0.3, -0.25) is 0 Å². The van der Waals surface area contributed by atoms with E-state index in [0.29, 0.717) is 11.6 Å². The molecule has 1 aromatic carbocycles. The molecular formula is C11H16Cl2N2O2S. The van der Waals surface area contributed by atoms with Crippen LogP contribution in [0.25, 0.3) is 0 Å². The fraction of sp³-hybridized carbons (Fsp3) is 0.455. The standard InChI is InChI=1S/C11H16Cl2N2O2S/c1-4-15(7(2)3)18(16,17)11-9(13)5-8(12)6-10(11)14/h5-7H,4,14H2,1-3H3. The molecular weight excluding hydrogens is 295 g/mol. The minimum Gasteiger partial charge on any atom is -0.398 e. The molecule has 7 heteroatoms. The Hall–Kier alpha value is -0.490. The molecule has 0 radical (unpaired) electrons. The van der Waals surface area contributed by atoms with Crippen LogP contribution in [0.15, 0.2) is 17.0 Å². The molecule has 102 valence electrons. The molecule has 0 unspecified atom stereocenters. The molecule has 4 nitrogen and oxygen atoms in total. The van der Waals surface area contributed by atoms with Gasteiger partial charge in [0.15, 0.2) is 0 Å². The fourth-order valence-corrected chi connectivity index (χ4v) is 4.38. The van der Waals surface area contributed by atoms with E-state index in [1.807, 2.05) is 0 Å². The van der Waals surface area contributed by atoms with Gasteiger partial charge in [0.25, 0.3) is 0 Å². The van der Waals surface area contributed by atoms with E-state index in [4.69, 9.17) is 28.9 Å². The molecule has 2 N–H and O–H groups in total. The van der Waals surface area contributed by atoms with E-state index in [0.717, 1.165) is 0 Å². The van der Waals surface area contributed by atoms with Gasteiger partial charge in [0.2, 0.25) is 10.0 Å². The summed E-state index contributed by atoms with van der Waals surface area (Å²) >= 11 is 11.7. The summed E-state index contributed by atoms with van der Waals surface area (Å²) in [5.74, 6) is 0. The van der Waals surface area contributed by atoms with E-state index in [1.165, 1.54) is 16.4 Å². The molecule has 0 amide bonds. The van der Waals surface area contributed by atoms with Crippen LogP contribution in [-0.4, -0.2) is 25.3 Å². The Morgan fingerprint density at radius 3 is 2.28 bits per heavy atom. The monoisotopic (exact) mass is 310 g/mol. The molecule has 1 aromatic rings. The van der Waals surface area contributed by atoms with E-state index in [1.54, 1.807) is 20.8 Å². The van der Waals surface area contributed by atoms with Crippen LogP contribution in [0, 0.1) is 0 Å². The number of benzene rings is 1. The molecule has 0 saturated carbocycles. The SMILES string of the molecule is CCN(C(C)C)S(=O)(=O)c1c(N)cc(Cl)cc1Cl. The van der Waals surface area contributed by atoms with E-state index < -0.39 is 10.0 Å². The highest BCUT2D eigenvalue weighted by Gasteiger charge is 2.29. The lowest BCUT2D eigenvalue weighted by Gasteiger charge is -2.25. The average Bonchev–Trinajstić information content (AvgIpc) is 2.14. The molecule has 0 aliphatic carbocycles. The van der Waals surface area contributed by atoms with Gasteiger partial charge in [0.05, 0.1) is 10.7 Å². The first-order valence-electron chi connectivity index (χ1n) is 5.48. The smallest absolute Gasteiger partial charge is 0.246 e. The highest BCUT2D eigenvalue weighted by atomic mass is 35.5.